The molecule has 1 aromatic heterocycles. The fraction of sp³-hybridized carbons (Fsp3) is 0.333. The predicted molar refractivity (Wildman–Crippen MR) is 91.0 cm³/mol. The van der Waals surface area contributed by atoms with Crippen LogP contribution in [0.15, 0.2) is 48.7 Å². The summed E-state index contributed by atoms with van der Waals surface area (Å²) in [7, 11) is 0. The monoisotopic (exact) mass is 328 g/mol. The number of benzene rings is 1. The fourth-order valence-electron chi connectivity index (χ4n) is 2.89. The Balaban J connectivity index is 1.39. The first-order valence-electron chi connectivity index (χ1n) is 8.12. The third-order valence-electron chi connectivity index (χ3n) is 4.14. The molecule has 1 aliphatic heterocycles. The van der Waals surface area contributed by atoms with Gasteiger partial charge >= 0.3 is 6.03 Å². The molecule has 2 heterocycles. The normalized spacial score (nSPS) is 17.6. The minimum Gasteiger partial charge on any atom is -0.338 e. The molecule has 6 heteroatoms. The van der Waals surface area contributed by atoms with Gasteiger partial charge in [-0.3, -0.25) is 9.88 Å². The highest BCUT2D eigenvalue weighted by Crippen LogP contribution is 2.17. The van der Waals surface area contributed by atoms with Crippen molar-refractivity contribution in [2.24, 2.45) is 5.92 Å². The molecule has 3 rings (SSSR count). The van der Waals surface area contributed by atoms with Gasteiger partial charge in [-0.15, -0.1) is 0 Å². The summed E-state index contributed by atoms with van der Waals surface area (Å²) in [5.74, 6) is 0.118. The molecule has 24 heavy (non-hydrogen) atoms. The maximum absolute atomic E-state index is 12.8. The van der Waals surface area contributed by atoms with Gasteiger partial charge in [-0.25, -0.2) is 9.18 Å². The highest BCUT2D eigenvalue weighted by molar-refractivity contribution is 5.89. The van der Waals surface area contributed by atoms with E-state index in [9.17, 15) is 9.18 Å². The van der Waals surface area contributed by atoms with E-state index in [0.29, 0.717) is 18.2 Å². The van der Waals surface area contributed by atoms with Crippen LogP contribution in [0.2, 0.25) is 0 Å². The standard InChI is InChI=1S/C18H21FN4O/c19-15-4-6-16(7-5-15)22-18(24)21-11-14-8-10-23(12-14)13-17-3-1-2-9-20-17/h1-7,9,14H,8,10-13H2,(H2,21,22,24)/t14-/m1/s1. The molecule has 1 saturated heterocycles. The number of aromatic nitrogens is 1. The van der Waals surface area contributed by atoms with E-state index in [0.717, 1.165) is 31.7 Å². The summed E-state index contributed by atoms with van der Waals surface area (Å²) in [6.45, 7) is 3.45. The van der Waals surface area contributed by atoms with E-state index >= 15 is 0 Å². The Morgan fingerprint density at radius 3 is 2.83 bits per heavy atom. The topological polar surface area (TPSA) is 57.3 Å². The number of halogens is 1. The van der Waals surface area contributed by atoms with E-state index in [1.54, 1.807) is 12.1 Å². The molecule has 0 saturated carbocycles. The molecule has 1 fully saturated rings. The lowest BCUT2D eigenvalue weighted by Crippen LogP contribution is -2.34. The van der Waals surface area contributed by atoms with Crippen LogP contribution >= 0.6 is 0 Å². The smallest absolute Gasteiger partial charge is 0.319 e. The molecule has 1 atom stereocenters. The number of likely N-dealkylation sites (tertiary alicyclic amines) is 1. The number of nitrogens with zero attached hydrogens (tertiary/aromatic N) is 2. The van der Waals surface area contributed by atoms with Crippen LogP contribution in [-0.2, 0) is 6.54 Å². The molecule has 2 aromatic rings. The third kappa shape index (κ3) is 4.76. The van der Waals surface area contributed by atoms with Crippen molar-refractivity contribution >= 4 is 11.7 Å². The minimum absolute atomic E-state index is 0.259. The van der Waals surface area contributed by atoms with Gasteiger partial charge < -0.3 is 10.6 Å². The maximum Gasteiger partial charge on any atom is 0.319 e. The first-order chi connectivity index (χ1) is 11.7. The van der Waals surface area contributed by atoms with Crippen LogP contribution < -0.4 is 10.6 Å². The largest absolute Gasteiger partial charge is 0.338 e. The van der Waals surface area contributed by atoms with Gasteiger partial charge in [-0.2, -0.15) is 0 Å². The SMILES string of the molecule is O=C(NC[C@H]1CCN(Cc2ccccn2)C1)Nc1ccc(F)cc1. The molecule has 0 aliphatic carbocycles. The number of amides is 2. The van der Waals surface area contributed by atoms with Crippen molar-refractivity contribution in [2.45, 2.75) is 13.0 Å². The lowest BCUT2D eigenvalue weighted by atomic mass is 10.1. The van der Waals surface area contributed by atoms with E-state index in [1.165, 1.54) is 12.1 Å². The number of hydrogen-bond acceptors (Lipinski definition) is 3. The molecule has 1 aromatic carbocycles. The summed E-state index contributed by atoms with van der Waals surface area (Å²) in [5, 5.41) is 5.59. The lowest BCUT2D eigenvalue weighted by molar-refractivity contribution is 0.249. The summed E-state index contributed by atoms with van der Waals surface area (Å²) in [4.78, 5) is 18.6. The Kier molecular flexibility index (Phi) is 5.38. The molecule has 126 valence electrons. The van der Waals surface area contributed by atoms with Crippen LogP contribution in [0.3, 0.4) is 0 Å². The molecule has 0 radical (unpaired) electrons. The van der Waals surface area contributed by atoms with Crippen LogP contribution in [0.1, 0.15) is 12.1 Å². The summed E-state index contributed by atoms with van der Waals surface area (Å²) in [6, 6.07) is 11.4. The first-order valence-corrected chi connectivity index (χ1v) is 8.12. The number of nitrogens with one attached hydrogen (secondary N) is 2. The first kappa shape index (κ1) is 16.4. The van der Waals surface area contributed by atoms with Crippen molar-refractivity contribution in [2.75, 3.05) is 25.0 Å². The highest BCUT2D eigenvalue weighted by atomic mass is 19.1. The molecule has 1 aliphatic rings. The summed E-state index contributed by atoms with van der Waals surface area (Å²) in [5.41, 5.74) is 1.65. The van der Waals surface area contributed by atoms with Gasteiger partial charge in [-0.1, -0.05) is 6.07 Å². The molecule has 0 unspecified atom stereocenters. The molecule has 0 bridgehead atoms. The quantitative estimate of drug-likeness (QED) is 0.887. The predicted octanol–water partition coefficient (Wildman–Crippen LogP) is 2.86. The van der Waals surface area contributed by atoms with Crippen LogP contribution in [0.5, 0.6) is 0 Å². The van der Waals surface area contributed by atoms with Crippen molar-refractivity contribution in [3.05, 3.63) is 60.2 Å². The van der Waals surface area contributed by atoms with Gasteiger partial charge in [0.05, 0.1) is 5.69 Å². The number of urea groups is 1. The van der Waals surface area contributed by atoms with Gasteiger partial charge in [0.2, 0.25) is 0 Å². The molecule has 0 spiro atoms. The van der Waals surface area contributed by atoms with Crippen molar-refractivity contribution in [3.63, 3.8) is 0 Å². The Labute approximate surface area is 140 Å². The van der Waals surface area contributed by atoms with Crippen molar-refractivity contribution in [1.82, 2.24) is 15.2 Å². The highest BCUT2D eigenvalue weighted by Gasteiger charge is 2.23. The van der Waals surface area contributed by atoms with Gasteiger partial charge in [-0.05, 0) is 55.3 Å². The summed E-state index contributed by atoms with van der Waals surface area (Å²) in [6.07, 6.45) is 2.87. The Morgan fingerprint density at radius 2 is 2.08 bits per heavy atom. The molecule has 5 nitrogen and oxygen atoms in total. The average Bonchev–Trinajstić information content (AvgIpc) is 3.03. The van der Waals surface area contributed by atoms with Crippen LogP contribution in [-0.4, -0.2) is 35.5 Å². The zero-order valence-electron chi connectivity index (χ0n) is 13.4. The average molecular weight is 328 g/mol. The Hall–Kier alpha value is -2.47. The third-order valence-corrected chi connectivity index (χ3v) is 4.14. The molecule has 2 amide bonds. The van der Waals surface area contributed by atoms with Gasteiger partial charge in [0, 0.05) is 31.5 Å². The van der Waals surface area contributed by atoms with Gasteiger partial charge in [0.15, 0.2) is 0 Å². The number of rotatable bonds is 5. The van der Waals surface area contributed by atoms with Crippen molar-refractivity contribution < 1.29 is 9.18 Å². The zero-order valence-corrected chi connectivity index (χ0v) is 13.4. The van der Waals surface area contributed by atoms with E-state index in [2.05, 4.69) is 20.5 Å². The van der Waals surface area contributed by atoms with Crippen molar-refractivity contribution in [3.8, 4) is 0 Å². The minimum atomic E-state index is -0.320. The van der Waals surface area contributed by atoms with E-state index in [4.69, 9.17) is 0 Å². The van der Waals surface area contributed by atoms with Gasteiger partial charge in [0.25, 0.3) is 0 Å². The Morgan fingerprint density at radius 1 is 1.25 bits per heavy atom. The van der Waals surface area contributed by atoms with Crippen LogP contribution in [0.25, 0.3) is 0 Å². The zero-order chi connectivity index (χ0) is 16.8. The second-order valence-corrected chi connectivity index (χ2v) is 6.05. The summed E-state index contributed by atoms with van der Waals surface area (Å²) < 4.78 is 12.8. The van der Waals surface area contributed by atoms with Crippen molar-refractivity contribution in [1.29, 1.82) is 0 Å². The van der Waals surface area contributed by atoms with Gasteiger partial charge in [0.1, 0.15) is 5.82 Å². The number of hydrogen-bond donors (Lipinski definition) is 2. The number of pyridine rings is 1. The second-order valence-electron chi connectivity index (χ2n) is 6.05. The lowest BCUT2D eigenvalue weighted by Gasteiger charge is -2.16. The second kappa shape index (κ2) is 7.88. The summed E-state index contributed by atoms with van der Waals surface area (Å²) >= 11 is 0. The number of carbonyl (C=O) groups excluding carboxylic acids is 1. The van der Waals surface area contributed by atoms with E-state index < -0.39 is 0 Å². The van der Waals surface area contributed by atoms with Crippen LogP contribution in [0, 0.1) is 11.7 Å². The number of carbonyl (C=O) groups is 1. The fourth-order valence-corrected chi connectivity index (χ4v) is 2.89. The van der Waals surface area contributed by atoms with E-state index in [1.807, 2.05) is 24.4 Å². The molecular formula is C18H21FN4O. The number of anilines is 1. The maximum atomic E-state index is 12.8. The van der Waals surface area contributed by atoms with E-state index in [-0.39, 0.29) is 11.8 Å². The molecular weight excluding hydrogens is 307 g/mol. The molecule has 2 N–H and O–H groups in total. The Bertz CT molecular complexity index is 662. The van der Waals surface area contributed by atoms with Crippen LogP contribution in [0.4, 0.5) is 14.9 Å².